The molecule has 1 aliphatic heterocycles. The number of carbonyl (C=O) groups excluding carboxylic acids is 1. The van der Waals surface area contributed by atoms with Crippen LogP contribution in [0, 0.1) is 0 Å². The molecule has 7 nitrogen and oxygen atoms in total. The third-order valence-corrected chi connectivity index (χ3v) is 2.43. The highest BCUT2D eigenvalue weighted by molar-refractivity contribution is 5.74. The second-order valence-corrected chi connectivity index (χ2v) is 3.42. The predicted octanol–water partition coefficient (Wildman–Crippen LogP) is -0.0840. The van der Waals surface area contributed by atoms with Crippen molar-refractivity contribution in [3.63, 3.8) is 0 Å². The van der Waals surface area contributed by atoms with Crippen LogP contribution in [-0.4, -0.2) is 63.7 Å². The quantitative estimate of drug-likeness (QED) is 0.597. The Morgan fingerprint density at radius 1 is 1.20 bits per heavy atom. The molecule has 0 bridgehead atoms. The molecule has 0 radical (unpaired) electrons. The molecule has 7 heteroatoms. The minimum Gasteiger partial charge on any atom is -0.465 e. The van der Waals surface area contributed by atoms with Gasteiger partial charge in [-0.3, -0.25) is 4.90 Å². The molecule has 0 aliphatic carbocycles. The maximum absolute atomic E-state index is 10.7. The van der Waals surface area contributed by atoms with Crippen molar-refractivity contribution in [2.75, 3.05) is 13.1 Å². The Morgan fingerprint density at radius 2 is 1.73 bits per heavy atom. The van der Waals surface area contributed by atoms with Crippen molar-refractivity contribution in [1.29, 1.82) is 0 Å². The van der Waals surface area contributed by atoms with Gasteiger partial charge in [0.2, 0.25) is 0 Å². The van der Waals surface area contributed by atoms with E-state index in [4.69, 9.17) is 10.2 Å². The summed E-state index contributed by atoms with van der Waals surface area (Å²) in [7, 11) is 0. The summed E-state index contributed by atoms with van der Waals surface area (Å²) >= 11 is 0. The van der Waals surface area contributed by atoms with Gasteiger partial charge in [0, 0.05) is 6.54 Å². The van der Waals surface area contributed by atoms with Gasteiger partial charge in [-0.25, -0.2) is 9.59 Å². The first-order chi connectivity index (χ1) is 6.97. The van der Waals surface area contributed by atoms with Gasteiger partial charge in [-0.1, -0.05) is 0 Å². The summed E-state index contributed by atoms with van der Waals surface area (Å²) in [5, 5.41) is 17.6. The van der Waals surface area contributed by atoms with Crippen LogP contribution in [0.5, 0.6) is 0 Å². The first kappa shape index (κ1) is 11.3. The number of rotatable bonds is 1. The van der Waals surface area contributed by atoms with Crippen LogP contribution >= 0.6 is 0 Å². The SMILES string of the molecule is C[C@@H]1CN(C(=O)O)[C@@H](C=O)CN1C(=O)O. The Hall–Kier alpha value is -1.79. The molecule has 0 aromatic rings. The van der Waals surface area contributed by atoms with Gasteiger partial charge in [-0.15, -0.1) is 0 Å². The summed E-state index contributed by atoms with van der Waals surface area (Å²) < 4.78 is 0. The number of carbonyl (C=O) groups is 3. The van der Waals surface area contributed by atoms with E-state index in [0.29, 0.717) is 6.29 Å². The summed E-state index contributed by atoms with van der Waals surface area (Å²) in [5.74, 6) is 0. The maximum atomic E-state index is 10.7. The lowest BCUT2D eigenvalue weighted by Gasteiger charge is -2.40. The topological polar surface area (TPSA) is 98.2 Å². The second-order valence-electron chi connectivity index (χ2n) is 3.42. The van der Waals surface area contributed by atoms with Crippen LogP contribution in [0.4, 0.5) is 9.59 Å². The number of hydrogen-bond donors (Lipinski definition) is 2. The van der Waals surface area contributed by atoms with Gasteiger partial charge in [0.15, 0.2) is 0 Å². The van der Waals surface area contributed by atoms with Gasteiger partial charge in [0.1, 0.15) is 12.3 Å². The van der Waals surface area contributed by atoms with Crippen LogP contribution in [0.15, 0.2) is 0 Å². The third kappa shape index (κ3) is 2.17. The smallest absolute Gasteiger partial charge is 0.408 e. The van der Waals surface area contributed by atoms with Crippen molar-refractivity contribution in [2.45, 2.75) is 19.0 Å². The highest BCUT2D eigenvalue weighted by Gasteiger charge is 2.36. The lowest BCUT2D eigenvalue weighted by molar-refractivity contribution is -0.114. The molecule has 2 amide bonds. The molecular formula is C8H12N2O5. The van der Waals surface area contributed by atoms with E-state index in [1.54, 1.807) is 6.92 Å². The fraction of sp³-hybridized carbons (Fsp3) is 0.625. The average Bonchev–Trinajstić information content (AvgIpc) is 2.16. The summed E-state index contributed by atoms with van der Waals surface area (Å²) in [5.41, 5.74) is 0. The molecule has 0 spiro atoms. The van der Waals surface area contributed by atoms with Crippen molar-refractivity contribution < 1.29 is 24.6 Å². The number of hydrogen-bond acceptors (Lipinski definition) is 3. The van der Waals surface area contributed by atoms with E-state index < -0.39 is 24.3 Å². The van der Waals surface area contributed by atoms with Gasteiger partial charge < -0.3 is 19.9 Å². The van der Waals surface area contributed by atoms with Crippen molar-refractivity contribution in [3.8, 4) is 0 Å². The van der Waals surface area contributed by atoms with E-state index >= 15 is 0 Å². The molecule has 1 aliphatic rings. The number of piperazine rings is 1. The van der Waals surface area contributed by atoms with E-state index in [-0.39, 0.29) is 13.1 Å². The minimum atomic E-state index is -1.20. The zero-order chi connectivity index (χ0) is 11.6. The highest BCUT2D eigenvalue weighted by Crippen LogP contribution is 2.14. The molecule has 0 aromatic carbocycles. The Morgan fingerprint density at radius 3 is 2.13 bits per heavy atom. The van der Waals surface area contributed by atoms with Crippen LogP contribution in [0.1, 0.15) is 6.92 Å². The van der Waals surface area contributed by atoms with Crippen molar-refractivity contribution in [3.05, 3.63) is 0 Å². The van der Waals surface area contributed by atoms with Gasteiger partial charge in [0.05, 0.1) is 12.6 Å². The average molecular weight is 216 g/mol. The van der Waals surface area contributed by atoms with E-state index in [2.05, 4.69) is 0 Å². The first-order valence-corrected chi connectivity index (χ1v) is 4.41. The van der Waals surface area contributed by atoms with Crippen LogP contribution in [0.25, 0.3) is 0 Å². The van der Waals surface area contributed by atoms with Gasteiger partial charge in [-0.2, -0.15) is 0 Å². The molecule has 15 heavy (non-hydrogen) atoms. The molecule has 0 aromatic heterocycles. The van der Waals surface area contributed by atoms with Crippen LogP contribution in [-0.2, 0) is 4.79 Å². The van der Waals surface area contributed by atoms with Crippen LogP contribution in [0.3, 0.4) is 0 Å². The molecule has 1 heterocycles. The van der Waals surface area contributed by atoms with E-state index in [1.165, 1.54) is 0 Å². The maximum Gasteiger partial charge on any atom is 0.408 e. The Labute approximate surface area is 85.9 Å². The summed E-state index contributed by atoms with van der Waals surface area (Å²) in [6.07, 6.45) is -1.89. The fourth-order valence-electron chi connectivity index (χ4n) is 1.60. The standard InChI is InChI=1S/C8H12N2O5/c1-5-2-10(8(14)15)6(4-11)3-9(5)7(12)13/h4-6H,2-3H2,1H3,(H,12,13)(H,14,15)/t5-,6-/m1/s1. The minimum absolute atomic E-state index is 0.0189. The van der Waals surface area contributed by atoms with Crippen molar-refractivity contribution >= 4 is 18.5 Å². The largest absolute Gasteiger partial charge is 0.465 e. The molecule has 0 unspecified atom stereocenters. The Kier molecular flexibility index (Phi) is 3.13. The summed E-state index contributed by atoms with van der Waals surface area (Å²) in [6.45, 7) is 1.52. The van der Waals surface area contributed by atoms with E-state index in [1.807, 2.05) is 0 Å². The van der Waals surface area contributed by atoms with Gasteiger partial charge >= 0.3 is 12.2 Å². The fourth-order valence-corrected chi connectivity index (χ4v) is 1.60. The number of aldehydes is 1. The summed E-state index contributed by atoms with van der Waals surface area (Å²) in [6, 6.07) is -1.34. The highest BCUT2D eigenvalue weighted by atomic mass is 16.4. The van der Waals surface area contributed by atoms with Crippen LogP contribution in [0.2, 0.25) is 0 Å². The molecular weight excluding hydrogens is 204 g/mol. The Bertz CT molecular complexity index is 293. The predicted molar refractivity (Wildman–Crippen MR) is 48.8 cm³/mol. The van der Waals surface area contributed by atoms with Crippen molar-refractivity contribution in [1.82, 2.24) is 9.80 Å². The Balaban J connectivity index is 2.81. The van der Waals surface area contributed by atoms with Gasteiger partial charge in [0.25, 0.3) is 0 Å². The number of nitrogens with zero attached hydrogens (tertiary/aromatic N) is 2. The van der Waals surface area contributed by atoms with E-state index in [9.17, 15) is 14.4 Å². The second kappa shape index (κ2) is 4.16. The van der Waals surface area contributed by atoms with Crippen LogP contribution < -0.4 is 0 Å². The summed E-state index contributed by atoms with van der Waals surface area (Å²) in [4.78, 5) is 34.1. The lowest BCUT2D eigenvalue weighted by atomic mass is 10.1. The third-order valence-electron chi connectivity index (χ3n) is 2.43. The monoisotopic (exact) mass is 216 g/mol. The lowest BCUT2D eigenvalue weighted by Crippen LogP contribution is -2.60. The zero-order valence-electron chi connectivity index (χ0n) is 8.16. The number of amides is 2. The van der Waals surface area contributed by atoms with Gasteiger partial charge in [-0.05, 0) is 6.92 Å². The molecule has 1 fully saturated rings. The number of carboxylic acid groups (broad SMARTS) is 2. The molecule has 2 N–H and O–H groups in total. The molecule has 1 rings (SSSR count). The molecule has 0 saturated carbocycles. The molecule has 84 valence electrons. The van der Waals surface area contributed by atoms with Crippen molar-refractivity contribution in [2.24, 2.45) is 0 Å². The molecule has 1 saturated heterocycles. The van der Waals surface area contributed by atoms with E-state index in [0.717, 1.165) is 9.80 Å². The normalized spacial score (nSPS) is 26.2. The zero-order valence-corrected chi connectivity index (χ0v) is 8.16. The first-order valence-electron chi connectivity index (χ1n) is 4.41. The molecule has 2 atom stereocenters.